The van der Waals surface area contributed by atoms with Crippen molar-refractivity contribution in [3.8, 4) is 34.0 Å². The van der Waals surface area contributed by atoms with Crippen LogP contribution in [0.25, 0.3) is 55.4 Å². The number of carbonyl (C=O) groups excluding carboxylic acids is 2. The Labute approximate surface area is 502 Å². The van der Waals surface area contributed by atoms with Crippen molar-refractivity contribution >= 4 is 56.3 Å². The van der Waals surface area contributed by atoms with E-state index in [9.17, 15) is 48.6 Å². The molecule has 0 bridgehead atoms. The number of unbranched alkanes of at least 4 members (excludes halogenated alkanes) is 4. The molecule has 4 N–H and O–H groups in total. The fraction of sp³-hybridized carbons (Fsp3) is 0.221. The van der Waals surface area contributed by atoms with Crippen LogP contribution in [0.5, 0.6) is 11.5 Å². The molecule has 88 heavy (non-hydrogen) atoms. The number of carboxylic acid groups (broad SMARTS) is 2. The molecular weight excluding hydrogens is 1120 g/mol. The number of nitrogens with zero attached hydrogens (tertiary/aromatic N) is 6. The summed E-state index contributed by atoms with van der Waals surface area (Å²) in [5.74, 6) is -1.78. The number of ketones is 2. The van der Waals surface area contributed by atoms with Crippen molar-refractivity contribution in [2.75, 3.05) is 26.3 Å². The molecule has 11 aromatic rings. The number of H-pyrrole nitrogens is 2. The molecule has 0 aliphatic carbocycles. The molecular formula is C68H62N8O12. The Morgan fingerprint density at radius 3 is 1.38 bits per heavy atom. The molecule has 0 radical (unpaired) electrons. The lowest BCUT2D eigenvalue weighted by molar-refractivity contribution is -0.138. The molecule has 4 aromatic carbocycles. The Kier molecular flexibility index (Phi) is 17.3. The van der Waals surface area contributed by atoms with Crippen molar-refractivity contribution in [1.29, 1.82) is 0 Å². The lowest BCUT2D eigenvalue weighted by Crippen LogP contribution is -2.37. The van der Waals surface area contributed by atoms with Crippen LogP contribution < -0.4 is 32.0 Å². The molecule has 0 saturated carbocycles. The van der Waals surface area contributed by atoms with Gasteiger partial charge in [-0.3, -0.25) is 38.7 Å². The Hall–Kier alpha value is -10.7. The highest BCUT2D eigenvalue weighted by molar-refractivity contribution is 6.17. The maximum absolute atomic E-state index is 14.3. The Morgan fingerprint density at radius 2 is 0.955 bits per heavy atom. The first-order valence-corrected chi connectivity index (χ1v) is 29.0. The molecule has 11 rings (SSSR count). The van der Waals surface area contributed by atoms with Gasteiger partial charge in [0.2, 0.25) is 0 Å². The van der Waals surface area contributed by atoms with Crippen molar-refractivity contribution in [1.82, 2.24) is 37.8 Å². The molecule has 20 nitrogen and oxygen atoms in total. The van der Waals surface area contributed by atoms with Gasteiger partial charge in [-0.25, -0.2) is 18.7 Å². The van der Waals surface area contributed by atoms with Gasteiger partial charge in [-0.15, -0.1) is 0 Å². The highest BCUT2D eigenvalue weighted by atomic mass is 16.5. The summed E-state index contributed by atoms with van der Waals surface area (Å²) >= 11 is 0. The first-order chi connectivity index (χ1) is 42.6. The summed E-state index contributed by atoms with van der Waals surface area (Å²) in [5.41, 5.74) is 5.99. The third-order valence-electron chi connectivity index (χ3n) is 15.9. The lowest BCUT2D eigenvalue weighted by atomic mass is 9.98. The van der Waals surface area contributed by atoms with E-state index in [1.54, 1.807) is 0 Å². The second-order valence-corrected chi connectivity index (χ2v) is 21.7. The predicted octanol–water partition coefficient (Wildman–Crippen LogP) is 9.48. The zero-order valence-electron chi connectivity index (χ0n) is 48.4. The van der Waals surface area contributed by atoms with Gasteiger partial charge in [-0.1, -0.05) is 24.3 Å². The number of aliphatic carboxylic acids is 2. The molecule has 0 aliphatic heterocycles. The molecule has 20 heteroatoms. The minimum absolute atomic E-state index is 0.0916. The number of pyridine rings is 3. The van der Waals surface area contributed by atoms with E-state index >= 15 is 0 Å². The topological polar surface area (TPSA) is 262 Å². The summed E-state index contributed by atoms with van der Waals surface area (Å²) in [7, 11) is 0. The third kappa shape index (κ3) is 12.4. The maximum atomic E-state index is 14.3. The monoisotopic (exact) mass is 1180 g/mol. The zero-order chi connectivity index (χ0) is 61.6. The molecule has 7 heterocycles. The highest BCUT2D eigenvalue weighted by Gasteiger charge is 2.26. The highest BCUT2D eigenvalue weighted by Crippen LogP contribution is 2.36. The molecule has 0 aliphatic rings. The number of aromatic amines is 2. The molecule has 0 amide bonds. The van der Waals surface area contributed by atoms with E-state index in [2.05, 4.69) is 32.0 Å². The first kappa shape index (κ1) is 59.0. The van der Waals surface area contributed by atoms with Crippen molar-refractivity contribution in [2.45, 2.75) is 72.0 Å². The standard InChI is InChI=1S/C68H62N8O12/c1-42-59(63(81)47-19-25-51-53(37-47)70-67(85)75(65(51)83)40-57(77)78)55-13-5-9-33-73(55)61(42)45-15-21-49(22-16-45)87-35-11-3-7-31-72(39-44-27-29-69-30-28-44)32-8-4-12-36-88-50-23-17-46(18-24-50)62-43(2)60(56-14-6-10-34-74(56)62)64(82)48-20-26-52-54(38-48)71-68(86)76(66(52)84)41-58(79)80/h5-6,9-10,13-30,33-34,37-38H,3-4,7-8,11-12,31-32,35-36,39-41H2,1-2H3,(H,70,85)(H,71,86)(H,77,78)(H,79,80). The average Bonchev–Trinajstić information content (AvgIpc) is 1.99. The van der Waals surface area contributed by atoms with Crippen LogP contribution in [0.15, 0.2) is 177 Å². The minimum atomic E-state index is -1.33. The van der Waals surface area contributed by atoms with Gasteiger partial charge in [-0.05, 0) is 202 Å². The van der Waals surface area contributed by atoms with Gasteiger partial charge >= 0.3 is 23.3 Å². The maximum Gasteiger partial charge on any atom is 0.329 e. The Morgan fingerprint density at radius 1 is 0.523 bits per heavy atom. The van der Waals surface area contributed by atoms with E-state index in [1.807, 2.05) is 132 Å². The number of carboxylic acids is 2. The summed E-state index contributed by atoms with van der Waals surface area (Å²) in [6.07, 6.45) is 13.2. The van der Waals surface area contributed by atoms with E-state index < -0.39 is 47.5 Å². The van der Waals surface area contributed by atoms with Crippen molar-refractivity contribution in [3.05, 3.63) is 239 Å². The summed E-state index contributed by atoms with van der Waals surface area (Å²) in [6.45, 7) is 6.02. The van der Waals surface area contributed by atoms with Gasteiger partial charge < -0.3 is 38.5 Å². The van der Waals surface area contributed by atoms with Crippen LogP contribution in [0.1, 0.15) is 87.1 Å². The predicted molar refractivity (Wildman–Crippen MR) is 333 cm³/mol. The number of fused-ring (bicyclic) bond motifs is 4. The number of hydrogen-bond acceptors (Lipinski definition) is 12. The SMILES string of the molecule is Cc1c(C(=O)c2ccc3c(=O)n(CC(=O)O)c(=O)[nH]c3c2)c2ccccn2c1-c1ccc(OCCCCCN(CCCCCOc2ccc(-c3c(C)c(C(=O)c4ccc5c(=O)n(CC(=O)O)c(=O)[nH]c5c4)c4ccccn34)cc2)Cc2ccncc2)cc1. The fourth-order valence-corrected chi connectivity index (χ4v) is 11.6. The molecule has 0 unspecified atom stereocenters. The average molecular weight is 1180 g/mol. The van der Waals surface area contributed by atoms with Gasteiger partial charge in [0, 0.05) is 42.5 Å². The number of rotatable bonds is 26. The van der Waals surface area contributed by atoms with Crippen LogP contribution in [0, 0.1) is 13.8 Å². The van der Waals surface area contributed by atoms with Crippen molar-refractivity contribution in [2.24, 2.45) is 0 Å². The van der Waals surface area contributed by atoms with Crippen LogP contribution in [0.4, 0.5) is 0 Å². The molecule has 0 saturated heterocycles. The molecule has 7 aromatic heterocycles. The number of aromatic nitrogens is 7. The lowest BCUT2D eigenvalue weighted by Gasteiger charge is -2.22. The molecule has 0 atom stereocenters. The van der Waals surface area contributed by atoms with Crippen LogP contribution in [0.2, 0.25) is 0 Å². The molecule has 0 fully saturated rings. The number of hydrogen-bond donors (Lipinski definition) is 4. The molecule has 446 valence electrons. The first-order valence-electron chi connectivity index (χ1n) is 29.0. The second-order valence-electron chi connectivity index (χ2n) is 21.7. The van der Waals surface area contributed by atoms with Gasteiger partial charge in [0.15, 0.2) is 11.6 Å². The number of benzene rings is 4. The van der Waals surface area contributed by atoms with Crippen molar-refractivity contribution in [3.63, 3.8) is 0 Å². The largest absolute Gasteiger partial charge is 0.494 e. The second kappa shape index (κ2) is 25.9. The number of nitrogens with one attached hydrogen (secondary N) is 2. The Bertz CT molecular complexity index is 4450. The fourth-order valence-electron chi connectivity index (χ4n) is 11.6. The van der Waals surface area contributed by atoms with Gasteiger partial charge in [0.1, 0.15) is 24.6 Å². The zero-order valence-corrected chi connectivity index (χ0v) is 48.4. The smallest absolute Gasteiger partial charge is 0.329 e. The number of ether oxygens (including phenoxy) is 2. The van der Waals surface area contributed by atoms with Crippen LogP contribution in [-0.4, -0.2) is 97.8 Å². The summed E-state index contributed by atoms with van der Waals surface area (Å²) in [5, 5.41) is 18.6. The van der Waals surface area contributed by atoms with E-state index in [1.165, 1.54) is 42.0 Å². The van der Waals surface area contributed by atoms with E-state index in [0.29, 0.717) is 44.5 Å². The van der Waals surface area contributed by atoms with Crippen LogP contribution in [-0.2, 0) is 29.2 Å². The summed E-state index contributed by atoms with van der Waals surface area (Å²) in [4.78, 5) is 114. The van der Waals surface area contributed by atoms with Gasteiger partial charge in [0.05, 0.1) is 68.6 Å². The van der Waals surface area contributed by atoms with E-state index in [-0.39, 0.29) is 44.5 Å². The third-order valence-corrected chi connectivity index (χ3v) is 15.9. The summed E-state index contributed by atoms with van der Waals surface area (Å²) < 4.78 is 17.6. The van der Waals surface area contributed by atoms with E-state index in [0.717, 1.165) is 103 Å². The quantitative estimate of drug-likeness (QED) is 0.0291. The number of carbonyl (C=O) groups is 4. The Balaban J connectivity index is 0.656. The van der Waals surface area contributed by atoms with Crippen molar-refractivity contribution < 1.29 is 38.9 Å². The normalized spacial score (nSPS) is 11.5. The van der Waals surface area contributed by atoms with Crippen LogP contribution >= 0.6 is 0 Å². The van der Waals surface area contributed by atoms with Crippen LogP contribution in [0.3, 0.4) is 0 Å². The van der Waals surface area contributed by atoms with Gasteiger partial charge in [0.25, 0.3) is 11.1 Å². The van der Waals surface area contributed by atoms with Gasteiger partial charge in [-0.2, -0.15) is 0 Å². The summed E-state index contributed by atoms with van der Waals surface area (Å²) in [6, 6.07) is 39.8. The molecule has 0 spiro atoms. The minimum Gasteiger partial charge on any atom is -0.494 e. The van der Waals surface area contributed by atoms with E-state index in [4.69, 9.17) is 9.47 Å².